The number of ketones is 2. The summed E-state index contributed by atoms with van der Waals surface area (Å²) in [5.74, 6) is -0.811. The van der Waals surface area contributed by atoms with Crippen LogP contribution in [0.3, 0.4) is 0 Å². The topological polar surface area (TPSA) is 164 Å². The Morgan fingerprint density at radius 2 is 1.81 bits per heavy atom. The number of pyridine rings is 1. The molecule has 7 N–H and O–H groups in total. The third-order valence-electron chi connectivity index (χ3n) is 5.73. The second kappa shape index (κ2) is 16.9. The molecular formula is C27H38IN6O3-. The maximum absolute atomic E-state index is 13.3. The molecule has 9 nitrogen and oxygen atoms in total. The summed E-state index contributed by atoms with van der Waals surface area (Å²) in [6.45, 7) is 2.88. The fourth-order valence-electron chi connectivity index (χ4n) is 3.75. The van der Waals surface area contributed by atoms with Gasteiger partial charge in [-0.05, 0) is 0 Å². The van der Waals surface area contributed by atoms with E-state index in [1.54, 1.807) is 24.4 Å². The number of nitrogens with two attached hydrogens (primary N) is 2. The zero-order valence-corrected chi connectivity index (χ0v) is 23.4. The van der Waals surface area contributed by atoms with E-state index in [1.807, 2.05) is 37.3 Å². The number of halogens is 1. The Labute approximate surface area is 229 Å². The second-order valence-corrected chi connectivity index (χ2v) is 12.0. The van der Waals surface area contributed by atoms with E-state index in [-0.39, 0.29) is 42.2 Å². The predicted octanol–water partition coefficient (Wildman–Crippen LogP) is -1.34. The van der Waals surface area contributed by atoms with Crippen LogP contribution in [0.15, 0.2) is 54.7 Å². The summed E-state index contributed by atoms with van der Waals surface area (Å²) in [6.07, 6.45) is 4.04. The van der Waals surface area contributed by atoms with Crippen molar-refractivity contribution in [3.63, 3.8) is 0 Å². The Morgan fingerprint density at radius 3 is 2.46 bits per heavy atom. The molecule has 2 rings (SSSR count). The van der Waals surface area contributed by atoms with Crippen molar-refractivity contribution in [2.45, 2.75) is 49.1 Å². The first-order valence-electron chi connectivity index (χ1n) is 12.5. The average molecular weight is 622 g/mol. The van der Waals surface area contributed by atoms with Gasteiger partial charge in [0, 0.05) is 0 Å². The van der Waals surface area contributed by atoms with Crippen molar-refractivity contribution in [1.82, 2.24) is 15.6 Å². The van der Waals surface area contributed by atoms with Crippen molar-refractivity contribution < 1.29 is 35.6 Å². The number of hydrogen-bond donors (Lipinski definition) is 5. The molecule has 0 fully saturated rings. The van der Waals surface area contributed by atoms with Gasteiger partial charge in [-0.15, -0.1) is 0 Å². The summed E-state index contributed by atoms with van der Waals surface area (Å²) in [5, 5.41) is 13.3. The van der Waals surface area contributed by atoms with Crippen LogP contribution in [0.1, 0.15) is 48.7 Å². The Balaban J connectivity index is 1.99. The molecule has 0 aliphatic rings. The third-order valence-corrected chi connectivity index (χ3v) is 8.65. The molecule has 1 aromatic carbocycles. The number of rotatable bonds is 18. The van der Waals surface area contributed by atoms with Crippen LogP contribution in [-0.4, -0.2) is 55.9 Å². The van der Waals surface area contributed by atoms with Gasteiger partial charge in [-0.25, -0.2) is 0 Å². The number of Topliss-reactive ketones (excluding diaryl/α,β-unsaturated/α-hetero) is 2. The van der Waals surface area contributed by atoms with Crippen molar-refractivity contribution in [2.24, 2.45) is 17.4 Å². The summed E-state index contributed by atoms with van der Waals surface area (Å²) >= 11 is -0.753. The zero-order chi connectivity index (χ0) is 27.0. The zero-order valence-electron chi connectivity index (χ0n) is 21.3. The average Bonchev–Trinajstić information content (AvgIpc) is 2.90. The van der Waals surface area contributed by atoms with Crippen molar-refractivity contribution >= 4 is 23.3 Å². The number of nitrogens with zero attached hydrogens (tertiary/aromatic N) is 1. The van der Waals surface area contributed by atoms with Gasteiger partial charge in [-0.2, -0.15) is 0 Å². The molecule has 10 heteroatoms. The SMILES string of the molecule is CCCC(CCC(=O)C(N)Cc1ccccc1)C(=O)NC([I-]CCNCC(=N)N)C(=O)c1ccccn1. The van der Waals surface area contributed by atoms with Crippen LogP contribution < -0.4 is 43.3 Å². The van der Waals surface area contributed by atoms with Gasteiger partial charge in [0.25, 0.3) is 0 Å². The Morgan fingerprint density at radius 1 is 1.08 bits per heavy atom. The van der Waals surface area contributed by atoms with Gasteiger partial charge in [0.1, 0.15) is 0 Å². The van der Waals surface area contributed by atoms with Crippen LogP contribution in [0.25, 0.3) is 0 Å². The number of nitrogens with one attached hydrogen (secondary N) is 3. The van der Waals surface area contributed by atoms with Crippen LogP contribution in [0, 0.1) is 11.3 Å². The summed E-state index contributed by atoms with van der Waals surface area (Å²) in [6, 6.07) is 14.2. The van der Waals surface area contributed by atoms with Crippen molar-refractivity contribution in [3.8, 4) is 0 Å². The maximum atomic E-state index is 13.3. The van der Waals surface area contributed by atoms with E-state index < -0.39 is 31.3 Å². The molecule has 3 atom stereocenters. The molecule has 3 unspecified atom stereocenters. The standard InChI is InChI=1S/C27H38IN6O3/c1-2-8-20(12-13-23(35)21(29)17-19-9-4-3-5-10-19)27(37)34-26(28-14-16-32-18-24(30)31)25(36)22-11-6-7-15-33-22/h3-7,9-11,15,20-21,26,32H,2,8,12-14,16-18,29H2,1H3,(H3,30,31)(H,34,37)/q-1. The van der Waals surface area contributed by atoms with Crippen LogP contribution >= 0.6 is 0 Å². The van der Waals surface area contributed by atoms with Gasteiger partial charge in [-0.1, -0.05) is 6.07 Å². The molecule has 0 spiro atoms. The fraction of sp³-hybridized carbons (Fsp3) is 0.444. The predicted molar refractivity (Wildman–Crippen MR) is 141 cm³/mol. The van der Waals surface area contributed by atoms with E-state index in [9.17, 15) is 14.4 Å². The number of alkyl halides is 2. The molecule has 1 heterocycles. The molecule has 0 saturated carbocycles. The third kappa shape index (κ3) is 11.5. The molecule has 1 amide bonds. The molecule has 37 heavy (non-hydrogen) atoms. The van der Waals surface area contributed by atoms with Gasteiger partial charge in [0.2, 0.25) is 0 Å². The van der Waals surface area contributed by atoms with Crippen LogP contribution in [0.2, 0.25) is 0 Å². The first-order valence-corrected chi connectivity index (χ1v) is 15.3. The minimum atomic E-state index is -0.753. The second-order valence-electron chi connectivity index (χ2n) is 8.78. The molecular weight excluding hydrogens is 583 g/mol. The molecule has 0 radical (unpaired) electrons. The number of carbonyl (C=O) groups excluding carboxylic acids is 3. The van der Waals surface area contributed by atoms with E-state index in [4.69, 9.17) is 16.9 Å². The van der Waals surface area contributed by atoms with Gasteiger partial charge >= 0.3 is 224 Å². The normalized spacial score (nSPS) is 13.5. The monoisotopic (exact) mass is 621 g/mol. The van der Waals surface area contributed by atoms with Gasteiger partial charge < -0.3 is 0 Å². The first kappa shape index (κ1) is 30.5. The summed E-state index contributed by atoms with van der Waals surface area (Å²) < 4.78 is 0.0803. The molecule has 1 aromatic heterocycles. The quantitative estimate of drug-likeness (QED) is 0.0262. The Hall–Kier alpha value is -2.70. The van der Waals surface area contributed by atoms with Crippen LogP contribution in [0.5, 0.6) is 0 Å². The summed E-state index contributed by atoms with van der Waals surface area (Å²) in [7, 11) is 0. The number of hydrogen-bond acceptors (Lipinski definition) is 7. The number of amides is 1. The van der Waals surface area contributed by atoms with Crippen molar-refractivity contribution in [2.75, 3.05) is 17.5 Å². The summed E-state index contributed by atoms with van der Waals surface area (Å²) in [4.78, 5) is 43.3. The first-order chi connectivity index (χ1) is 17.8. The Bertz CT molecular complexity index is 1010. The van der Waals surface area contributed by atoms with E-state index in [2.05, 4.69) is 15.6 Å². The van der Waals surface area contributed by atoms with E-state index >= 15 is 0 Å². The van der Waals surface area contributed by atoms with Gasteiger partial charge in [-0.3, -0.25) is 0 Å². The summed E-state index contributed by atoms with van der Waals surface area (Å²) in [5.41, 5.74) is 12.8. The van der Waals surface area contributed by atoms with E-state index in [1.165, 1.54) is 0 Å². The van der Waals surface area contributed by atoms with Gasteiger partial charge in [0.15, 0.2) is 0 Å². The number of aromatic nitrogens is 1. The molecule has 202 valence electrons. The van der Waals surface area contributed by atoms with Crippen LogP contribution in [0.4, 0.5) is 0 Å². The molecule has 0 saturated heterocycles. The molecule has 0 bridgehead atoms. The number of carbonyl (C=O) groups is 3. The minimum absolute atomic E-state index is 0.0491. The molecule has 0 aliphatic heterocycles. The number of amidine groups is 1. The van der Waals surface area contributed by atoms with Gasteiger partial charge in [0.05, 0.1) is 0 Å². The Kier molecular flexibility index (Phi) is 14.0. The molecule has 0 aliphatic carbocycles. The van der Waals surface area contributed by atoms with Crippen molar-refractivity contribution in [3.05, 3.63) is 66.0 Å². The fourth-order valence-corrected chi connectivity index (χ4v) is 6.31. The van der Waals surface area contributed by atoms with E-state index in [0.29, 0.717) is 35.9 Å². The molecule has 2 aromatic rings. The van der Waals surface area contributed by atoms with E-state index in [0.717, 1.165) is 12.0 Å². The van der Waals surface area contributed by atoms with Crippen molar-refractivity contribution in [1.29, 1.82) is 5.41 Å². The number of benzene rings is 1. The van der Waals surface area contributed by atoms with Crippen LogP contribution in [-0.2, 0) is 16.0 Å².